The zero-order chi connectivity index (χ0) is 11.4. The molecule has 2 saturated heterocycles. The molecule has 0 saturated carbocycles. The number of hydrogen-bond acceptors (Lipinski definition) is 2. The summed E-state index contributed by atoms with van der Waals surface area (Å²) in [5.41, 5.74) is 0. The van der Waals surface area contributed by atoms with Crippen LogP contribution in [0.3, 0.4) is 0 Å². The Bertz CT molecular complexity index is 238. The Morgan fingerprint density at radius 3 is 2.62 bits per heavy atom. The second kappa shape index (κ2) is 5.53. The van der Waals surface area contributed by atoms with Crippen molar-refractivity contribution < 1.29 is 4.79 Å². The molecule has 0 aliphatic carbocycles. The van der Waals surface area contributed by atoms with Crippen LogP contribution in [0.4, 0.5) is 4.79 Å². The van der Waals surface area contributed by atoms with Gasteiger partial charge in [0.2, 0.25) is 0 Å². The van der Waals surface area contributed by atoms with Crippen molar-refractivity contribution >= 4 is 6.03 Å². The third kappa shape index (κ3) is 3.11. The van der Waals surface area contributed by atoms with E-state index in [0.717, 1.165) is 32.6 Å². The number of hydrogen-bond donors (Lipinski definition) is 1. The fourth-order valence-corrected chi connectivity index (χ4v) is 2.69. The number of nitrogens with zero attached hydrogens (tertiary/aromatic N) is 2. The average Bonchev–Trinajstić information content (AvgIpc) is 2.74. The summed E-state index contributed by atoms with van der Waals surface area (Å²) in [6.07, 6.45) is 3.77. The van der Waals surface area contributed by atoms with Crippen molar-refractivity contribution in [1.82, 2.24) is 15.1 Å². The lowest BCUT2D eigenvalue weighted by Gasteiger charge is -2.31. The summed E-state index contributed by atoms with van der Waals surface area (Å²) >= 11 is 0. The molecule has 1 atom stereocenters. The standard InChI is InChI=1S/C12H23N3O/c1-11(9-14-6-2-3-7-14)10-15-8-4-5-13-12(15)16/h11H,2-10H2,1H3,(H,13,16). The number of urea groups is 1. The molecule has 2 heterocycles. The van der Waals surface area contributed by atoms with E-state index in [-0.39, 0.29) is 6.03 Å². The van der Waals surface area contributed by atoms with Gasteiger partial charge in [-0.1, -0.05) is 6.92 Å². The zero-order valence-electron chi connectivity index (χ0n) is 10.2. The number of rotatable bonds is 4. The highest BCUT2D eigenvalue weighted by Gasteiger charge is 2.21. The molecule has 4 nitrogen and oxygen atoms in total. The van der Waals surface area contributed by atoms with Crippen LogP contribution in [0.1, 0.15) is 26.2 Å². The Morgan fingerprint density at radius 1 is 1.19 bits per heavy atom. The van der Waals surface area contributed by atoms with E-state index < -0.39 is 0 Å². The molecule has 2 fully saturated rings. The van der Waals surface area contributed by atoms with Gasteiger partial charge in [-0.2, -0.15) is 0 Å². The van der Waals surface area contributed by atoms with Gasteiger partial charge in [-0.15, -0.1) is 0 Å². The van der Waals surface area contributed by atoms with Crippen LogP contribution < -0.4 is 5.32 Å². The Morgan fingerprint density at radius 2 is 1.94 bits per heavy atom. The van der Waals surface area contributed by atoms with E-state index >= 15 is 0 Å². The smallest absolute Gasteiger partial charge is 0.317 e. The highest BCUT2D eigenvalue weighted by Crippen LogP contribution is 2.12. The molecule has 1 N–H and O–H groups in total. The van der Waals surface area contributed by atoms with Crippen molar-refractivity contribution in [2.45, 2.75) is 26.2 Å². The average molecular weight is 225 g/mol. The monoisotopic (exact) mass is 225 g/mol. The lowest BCUT2D eigenvalue weighted by molar-refractivity contribution is 0.168. The van der Waals surface area contributed by atoms with E-state index in [0.29, 0.717) is 5.92 Å². The first-order valence-electron chi connectivity index (χ1n) is 6.51. The molecule has 2 aliphatic heterocycles. The number of likely N-dealkylation sites (tertiary alicyclic amines) is 1. The number of carbonyl (C=O) groups is 1. The summed E-state index contributed by atoms with van der Waals surface area (Å²) in [6, 6.07) is 0.125. The van der Waals surface area contributed by atoms with Crippen LogP contribution >= 0.6 is 0 Å². The minimum absolute atomic E-state index is 0.125. The van der Waals surface area contributed by atoms with Crippen LogP contribution in [0.15, 0.2) is 0 Å². The molecule has 0 spiro atoms. The fourth-order valence-electron chi connectivity index (χ4n) is 2.69. The van der Waals surface area contributed by atoms with Gasteiger partial charge >= 0.3 is 6.03 Å². The highest BCUT2D eigenvalue weighted by atomic mass is 16.2. The lowest BCUT2D eigenvalue weighted by atomic mass is 10.1. The van der Waals surface area contributed by atoms with E-state index in [1.165, 1.54) is 25.9 Å². The van der Waals surface area contributed by atoms with Gasteiger partial charge < -0.3 is 15.1 Å². The van der Waals surface area contributed by atoms with Gasteiger partial charge in [-0.25, -0.2) is 4.79 Å². The van der Waals surface area contributed by atoms with Gasteiger partial charge in [0.25, 0.3) is 0 Å². The molecule has 2 aliphatic rings. The van der Waals surface area contributed by atoms with Crippen molar-refractivity contribution in [3.8, 4) is 0 Å². The quantitative estimate of drug-likeness (QED) is 0.778. The largest absolute Gasteiger partial charge is 0.338 e. The molecule has 4 heteroatoms. The summed E-state index contributed by atoms with van der Waals surface area (Å²) in [7, 11) is 0. The summed E-state index contributed by atoms with van der Waals surface area (Å²) in [4.78, 5) is 16.1. The van der Waals surface area contributed by atoms with Gasteiger partial charge in [0.05, 0.1) is 0 Å². The fraction of sp³-hybridized carbons (Fsp3) is 0.917. The zero-order valence-corrected chi connectivity index (χ0v) is 10.2. The maximum Gasteiger partial charge on any atom is 0.317 e. The first kappa shape index (κ1) is 11.7. The molecule has 0 radical (unpaired) electrons. The second-order valence-corrected chi connectivity index (χ2v) is 5.14. The Balaban J connectivity index is 1.72. The Hall–Kier alpha value is -0.770. The predicted molar refractivity (Wildman–Crippen MR) is 64.4 cm³/mol. The van der Waals surface area contributed by atoms with E-state index in [2.05, 4.69) is 17.1 Å². The molecule has 0 aromatic rings. The van der Waals surface area contributed by atoms with Crippen molar-refractivity contribution in [2.24, 2.45) is 5.92 Å². The van der Waals surface area contributed by atoms with Gasteiger partial charge in [-0.3, -0.25) is 0 Å². The van der Waals surface area contributed by atoms with Crippen LogP contribution in [-0.2, 0) is 0 Å². The maximum atomic E-state index is 11.6. The molecule has 0 aromatic heterocycles. The van der Waals surface area contributed by atoms with E-state index in [1.54, 1.807) is 0 Å². The molecule has 2 amide bonds. The number of amides is 2. The van der Waals surface area contributed by atoms with Crippen LogP contribution in [-0.4, -0.2) is 55.1 Å². The normalized spacial score (nSPS) is 24.6. The summed E-state index contributed by atoms with van der Waals surface area (Å²) in [6.45, 7) is 8.56. The predicted octanol–water partition coefficient (Wildman–Crippen LogP) is 1.13. The van der Waals surface area contributed by atoms with Crippen molar-refractivity contribution in [3.63, 3.8) is 0 Å². The topological polar surface area (TPSA) is 35.6 Å². The van der Waals surface area contributed by atoms with Crippen LogP contribution in [0.2, 0.25) is 0 Å². The summed E-state index contributed by atoms with van der Waals surface area (Å²) in [5, 5.41) is 2.90. The number of carbonyl (C=O) groups excluding carboxylic acids is 1. The highest BCUT2D eigenvalue weighted by molar-refractivity contribution is 5.74. The van der Waals surface area contributed by atoms with Gasteiger partial charge in [0.1, 0.15) is 0 Å². The lowest BCUT2D eigenvalue weighted by Crippen LogP contribution is -2.48. The van der Waals surface area contributed by atoms with E-state index in [9.17, 15) is 4.79 Å². The van der Waals surface area contributed by atoms with Gasteiger partial charge in [-0.05, 0) is 38.3 Å². The summed E-state index contributed by atoms with van der Waals surface area (Å²) in [5.74, 6) is 0.585. The number of nitrogens with one attached hydrogen (secondary N) is 1. The van der Waals surface area contributed by atoms with Crippen LogP contribution in [0, 0.1) is 5.92 Å². The second-order valence-electron chi connectivity index (χ2n) is 5.14. The Kier molecular flexibility index (Phi) is 4.04. The molecule has 0 bridgehead atoms. The van der Waals surface area contributed by atoms with Crippen LogP contribution in [0.5, 0.6) is 0 Å². The summed E-state index contributed by atoms with van der Waals surface area (Å²) < 4.78 is 0. The molecular formula is C12H23N3O. The molecule has 2 rings (SSSR count). The van der Waals surface area contributed by atoms with E-state index in [1.807, 2.05) is 4.90 Å². The third-order valence-corrected chi connectivity index (χ3v) is 3.47. The Labute approximate surface area is 98.0 Å². The maximum absolute atomic E-state index is 11.6. The van der Waals surface area contributed by atoms with E-state index in [4.69, 9.17) is 0 Å². The molecule has 16 heavy (non-hydrogen) atoms. The molecule has 0 aromatic carbocycles. The van der Waals surface area contributed by atoms with Gasteiger partial charge in [0, 0.05) is 26.2 Å². The van der Waals surface area contributed by atoms with Crippen molar-refractivity contribution in [2.75, 3.05) is 39.3 Å². The third-order valence-electron chi connectivity index (χ3n) is 3.47. The molecular weight excluding hydrogens is 202 g/mol. The van der Waals surface area contributed by atoms with Crippen LogP contribution in [0.25, 0.3) is 0 Å². The molecule has 1 unspecified atom stereocenters. The molecule has 92 valence electrons. The van der Waals surface area contributed by atoms with Gasteiger partial charge in [0.15, 0.2) is 0 Å². The first-order chi connectivity index (χ1) is 7.75. The minimum atomic E-state index is 0.125. The van der Waals surface area contributed by atoms with Crippen molar-refractivity contribution in [1.29, 1.82) is 0 Å². The minimum Gasteiger partial charge on any atom is -0.338 e. The SMILES string of the molecule is CC(CN1CCCC1)CN1CCCNC1=O. The van der Waals surface area contributed by atoms with Crippen molar-refractivity contribution in [3.05, 3.63) is 0 Å². The first-order valence-corrected chi connectivity index (χ1v) is 6.51.